The van der Waals surface area contributed by atoms with Crippen LogP contribution in [-0.4, -0.2) is 55.8 Å². The number of halogens is 1. The second-order valence-electron chi connectivity index (χ2n) is 10.0. The lowest BCUT2D eigenvalue weighted by Crippen LogP contribution is -2.52. The van der Waals surface area contributed by atoms with Crippen LogP contribution < -0.4 is 14.4 Å². The fraction of sp³-hybridized carbons (Fsp3) is 0.333. The smallest absolute Gasteiger partial charge is 0.273 e. The normalized spacial score (nSPS) is 12.6. The summed E-state index contributed by atoms with van der Waals surface area (Å²) in [6.45, 7) is 5.54. The molecule has 3 rings (SSSR count). The Balaban J connectivity index is 2.10. The van der Waals surface area contributed by atoms with Crippen molar-refractivity contribution in [2.24, 2.45) is 0 Å². The minimum Gasteiger partial charge on any atom is -0.497 e. The number of hydrogen-bond donors (Lipinski definition) is 1. The van der Waals surface area contributed by atoms with E-state index in [2.05, 4.69) is 5.32 Å². The SMILES string of the molecule is CC[C@H](C)NC(=O)[C@H](C)N(Cc1ccccc1F)C(=O)CN(c1ccc(OC)cc1)S(=O)(=O)c1ccc(C)c([N+](=O)[O-])c1. The van der Waals surface area contributed by atoms with Gasteiger partial charge in [0.1, 0.15) is 24.2 Å². The molecular weight excluding hydrogens is 579 g/mol. The third-order valence-electron chi connectivity index (χ3n) is 7.07. The molecule has 0 unspecified atom stereocenters. The Kier molecular flexibility index (Phi) is 10.8. The quantitative estimate of drug-likeness (QED) is 0.220. The van der Waals surface area contributed by atoms with Crippen molar-refractivity contribution < 1.29 is 32.1 Å². The molecule has 13 heteroatoms. The molecule has 3 aromatic rings. The first-order valence-corrected chi connectivity index (χ1v) is 15.0. The zero-order valence-electron chi connectivity index (χ0n) is 24.6. The first kappa shape index (κ1) is 33.0. The summed E-state index contributed by atoms with van der Waals surface area (Å²) in [6, 6.07) is 13.8. The highest BCUT2D eigenvalue weighted by Crippen LogP contribution is 2.29. The Hall–Kier alpha value is -4.52. The van der Waals surface area contributed by atoms with Gasteiger partial charge in [-0.3, -0.25) is 24.0 Å². The van der Waals surface area contributed by atoms with Crippen molar-refractivity contribution in [1.29, 1.82) is 0 Å². The van der Waals surface area contributed by atoms with Crippen molar-refractivity contribution in [1.82, 2.24) is 10.2 Å². The number of anilines is 1. The Morgan fingerprint density at radius 1 is 1.07 bits per heavy atom. The van der Waals surface area contributed by atoms with Gasteiger partial charge in [-0.1, -0.05) is 31.2 Å². The van der Waals surface area contributed by atoms with Gasteiger partial charge in [-0.15, -0.1) is 0 Å². The Labute approximate surface area is 250 Å². The first-order valence-electron chi connectivity index (χ1n) is 13.5. The van der Waals surface area contributed by atoms with E-state index in [9.17, 15) is 32.5 Å². The van der Waals surface area contributed by atoms with Crippen LogP contribution in [0.4, 0.5) is 15.8 Å². The molecule has 230 valence electrons. The predicted molar refractivity (Wildman–Crippen MR) is 160 cm³/mol. The molecule has 43 heavy (non-hydrogen) atoms. The largest absolute Gasteiger partial charge is 0.497 e. The standard InChI is InChI=1S/C30H35FN4O7S/c1-6-21(3)32-30(37)22(4)33(18-23-9-7-8-10-27(23)31)29(36)19-34(24-12-14-25(42-5)15-13-24)43(40,41)26-16-11-20(2)28(17-26)35(38)39/h7-17,21-22H,6,18-19H2,1-5H3,(H,32,37)/t21-,22-/m0/s1. The molecule has 0 radical (unpaired) electrons. The highest BCUT2D eigenvalue weighted by atomic mass is 32.2. The summed E-state index contributed by atoms with van der Waals surface area (Å²) in [7, 11) is -3.12. The van der Waals surface area contributed by atoms with Gasteiger partial charge in [0.25, 0.3) is 15.7 Å². The fourth-order valence-corrected chi connectivity index (χ4v) is 5.64. The van der Waals surface area contributed by atoms with Crippen molar-refractivity contribution in [3.05, 3.63) is 93.8 Å². The number of ether oxygens (including phenoxy) is 1. The van der Waals surface area contributed by atoms with E-state index >= 15 is 0 Å². The number of aryl methyl sites for hydroxylation is 1. The molecule has 2 atom stereocenters. The minimum absolute atomic E-state index is 0.0694. The highest BCUT2D eigenvalue weighted by Gasteiger charge is 2.34. The molecule has 0 aliphatic carbocycles. The van der Waals surface area contributed by atoms with Gasteiger partial charge in [0.2, 0.25) is 11.8 Å². The van der Waals surface area contributed by atoms with E-state index < -0.39 is 55.7 Å². The maximum absolute atomic E-state index is 14.7. The third kappa shape index (κ3) is 7.86. The summed E-state index contributed by atoms with van der Waals surface area (Å²) in [5.41, 5.74) is 0.0545. The van der Waals surface area contributed by atoms with Crippen LogP contribution in [0.3, 0.4) is 0 Å². The lowest BCUT2D eigenvalue weighted by Gasteiger charge is -2.32. The molecule has 11 nitrogen and oxygen atoms in total. The highest BCUT2D eigenvalue weighted by molar-refractivity contribution is 7.92. The topological polar surface area (TPSA) is 139 Å². The maximum Gasteiger partial charge on any atom is 0.273 e. The van der Waals surface area contributed by atoms with Crippen LogP contribution in [0.1, 0.15) is 38.3 Å². The van der Waals surface area contributed by atoms with Crippen molar-refractivity contribution >= 4 is 33.2 Å². The molecule has 3 aromatic carbocycles. The molecule has 0 aliphatic rings. The van der Waals surface area contributed by atoms with Gasteiger partial charge < -0.3 is 15.0 Å². The van der Waals surface area contributed by atoms with Crippen LogP contribution in [0.2, 0.25) is 0 Å². The molecule has 0 saturated heterocycles. The number of hydrogen-bond acceptors (Lipinski definition) is 7. The van der Waals surface area contributed by atoms with Gasteiger partial charge in [-0.2, -0.15) is 0 Å². The second kappa shape index (κ2) is 14.1. The van der Waals surface area contributed by atoms with E-state index in [0.717, 1.165) is 15.3 Å². The first-order chi connectivity index (χ1) is 20.3. The molecule has 1 N–H and O–H groups in total. The van der Waals surface area contributed by atoms with Crippen LogP contribution in [0.5, 0.6) is 5.75 Å². The molecule has 0 aliphatic heterocycles. The number of rotatable bonds is 13. The number of carbonyl (C=O) groups is 2. The van der Waals surface area contributed by atoms with Crippen LogP contribution in [-0.2, 0) is 26.2 Å². The molecule has 2 amide bonds. The summed E-state index contributed by atoms with van der Waals surface area (Å²) in [6.07, 6.45) is 0.631. The summed E-state index contributed by atoms with van der Waals surface area (Å²) >= 11 is 0. The van der Waals surface area contributed by atoms with Crippen molar-refractivity contribution in [2.75, 3.05) is 18.0 Å². The van der Waals surface area contributed by atoms with Gasteiger partial charge in [0.15, 0.2) is 0 Å². The zero-order chi connectivity index (χ0) is 31.9. The Morgan fingerprint density at radius 2 is 1.72 bits per heavy atom. The van der Waals surface area contributed by atoms with Gasteiger partial charge in [0.05, 0.1) is 22.6 Å². The van der Waals surface area contributed by atoms with Crippen molar-refractivity contribution in [3.63, 3.8) is 0 Å². The van der Waals surface area contributed by atoms with Crippen LogP contribution >= 0.6 is 0 Å². The molecular formula is C30H35FN4O7S. The van der Waals surface area contributed by atoms with Crippen LogP contribution in [0.15, 0.2) is 71.6 Å². The monoisotopic (exact) mass is 614 g/mol. The third-order valence-corrected chi connectivity index (χ3v) is 8.84. The van der Waals surface area contributed by atoms with Gasteiger partial charge in [-0.05, 0) is 63.6 Å². The van der Waals surface area contributed by atoms with E-state index in [1.165, 1.54) is 75.6 Å². The van der Waals surface area contributed by atoms with Gasteiger partial charge in [0, 0.05) is 29.8 Å². The number of nitrogens with zero attached hydrogens (tertiary/aromatic N) is 3. The number of nitrogens with one attached hydrogen (secondary N) is 1. The molecule has 0 heterocycles. The summed E-state index contributed by atoms with van der Waals surface area (Å²) in [5, 5.41) is 14.4. The maximum atomic E-state index is 14.7. The summed E-state index contributed by atoms with van der Waals surface area (Å²) in [4.78, 5) is 38.6. The zero-order valence-corrected chi connectivity index (χ0v) is 25.4. The second-order valence-corrected chi connectivity index (χ2v) is 11.9. The average molecular weight is 615 g/mol. The van der Waals surface area contributed by atoms with Gasteiger partial charge in [-0.25, -0.2) is 12.8 Å². The number of benzene rings is 3. The van der Waals surface area contributed by atoms with Gasteiger partial charge >= 0.3 is 0 Å². The van der Waals surface area contributed by atoms with Crippen molar-refractivity contribution in [3.8, 4) is 5.75 Å². The summed E-state index contributed by atoms with van der Waals surface area (Å²) in [5.74, 6) is -1.46. The molecule has 0 spiro atoms. The number of amides is 2. The summed E-state index contributed by atoms with van der Waals surface area (Å²) < 4.78 is 48.6. The number of nitro groups is 1. The lowest BCUT2D eigenvalue weighted by atomic mass is 10.1. The minimum atomic E-state index is -4.56. The van der Waals surface area contributed by atoms with E-state index in [-0.39, 0.29) is 29.4 Å². The van der Waals surface area contributed by atoms with E-state index in [4.69, 9.17) is 4.74 Å². The molecule has 0 bridgehead atoms. The average Bonchev–Trinajstić information content (AvgIpc) is 2.98. The lowest BCUT2D eigenvalue weighted by molar-refractivity contribution is -0.385. The Morgan fingerprint density at radius 3 is 2.30 bits per heavy atom. The molecule has 0 aromatic heterocycles. The molecule has 0 fully saturated rings. The number of nitro benzene ring substituents is 1. The number of sulfonamides is 1. The predicted octanol–water partition coefficient (Wildman–Crippen LogP) is 4.58. The van der Waals surface area contributed by atoms with E-state index in [1.807, 2.05) is 6.92 Å². The van der Waals surface area contributed by atoms with E-state index in [0.29, 0.717) is 12.2 Å². The Bertz CT molecular complexity index is 1580. The van der Waals surface area contributed by atoms with Crippen molar-refractivity contribution in [2.45, 2.75) is 57.6 Å². The fourth-order valence-electron chi connectivity index (χ4n) is 4.21. The number of carbonyl (C=O) groups excluding carboxylic acids is 2. The number of methoxy groups -OCH3 is 1. The molecule has 0 saturated carbocycles. The van der Waals surface area contributed by atoms with E-state index in [1.54, 1.807) is 13.0 Å². The van der Waals surface area contributed by atoms with Crippen LogP contribution in [0.25, 0.3) is 0 Å². The van der Waals surface area contributed by atoms with Crippen LogP contribution in [0, 0.1) is 22.9 Å².